The first kappa shape index (κ1) is 16.0. The Kier molecular flexibility index (Phi) is 6.35. The molecule has 0 bridgehead atoms. The minimum atomic E-state index is -0.0886. The number of rotatable bonds is 6. The zero-order valence-electron chi connectivity index (χ0n) is 11.8. The van der Waals surface area contributed by atoms with Gasteiger partial charge in [-0.3, -0.25) is 4.79 Å². The van der Waals surface area contributed by atoms with Crippen molar-refractivity contribution in [3.8, 4) is 5.75 Å². The van der Waals surface area contributed by atoms with Crippen molar-refractivity contribution in [2.24, 2.45) is 0 Å². The van der Waals surface area contributed by atoms with Crippen molar-refractivity contribution < 1.29 is 9.90 Å². The highest BCUT2D eigenvalue weighted by atomic mass is 79.9. The van der Waals surface area contributed by atoms with Gasteiger partial charge in [-0.1, -0.05) is 41.9 Å². The first-order valence-corrected chi connectivity index (χ1v) is 7.84. The summed E-state index contributed by atoms with van der Waals surface area (Å²) in [5.41, 5.74) is 1.13. The summed E-state index contributed by atoms with van der Waals surface area (Å²) in [6.07, 6.45) is 1.84. The fraction of sp³-hybridized carbons (Fsp3) is 0.533. The normalized spacial score (nSPS) is 10.8. The Morgan fingerprint density at radius 1 is 1.37 bits per heavy atom. The molecule has 3 nitrogen and oxygen atoms in total. The average Bonchev–Trinajstić information content (AvgIpc) is 2.41. The van der Waals surface area contributed by atoms with Gasteiger partial charge in [0.05, 0.1) is 5.56 Å². The second-order valence-corrected chi connectivity index (χ2v) is 5.42. The summed E-state index contributed by atoms with van der Waals surface area (Å²) < 4.78 is 0. The van der Waals surface area contributed by atoms with Gasteiger partial charge in [0.2, 0.25) is 0 Å². The van der Waals surface area contributed by atoms with E-state index in [1.165, 1.54) is 0 Å². The lowest BCUT2D eigenvalue weighted by Crippen LogP contribution is -2.41. The first-order chi connectivity index (χ1) is 9.06. The van der Waals surface area contributed by atoms with Crippen molar-refractivity contribution in [3.05, 3.63) is 29.3 Å². The van der Waals surface area contributed by atoms with Crippen LogP contribution in [0.15, 0.2) is 18.2 Å². The zero-order chi connectivity index (χ0) is 14.4. The van der Waals surface area contributed by atoms with Crippen molar-refractivity contribution in [1.82, 2.24) is 4.90 Å². The smallest absolute Gasteiger partial charge is 0.257 e. The maximum Gasteiger partial charge on any atom is 0.257 e. The third-order valence-electron chi connectivity index (χ3n) is 3.44. The molecular weight excluding hydrogens is 306 g/mol. The minimum Gasteiger partial charge on any atom is -0.507 e. The SMILES string of the molecule is CCC(CC)N(CCBr)C(=O)c1cccc(C)c1O. The number of benzene rings is 1. The number of aromatic hydroxyl groups is 1. The van der Waals surface area contributed by atoms with E-state index in [2.05, 4.69) is 29.8 Å². The summed E-state index contributed by atoms with van der Waals surface area (Å²) >= 11 is 3.39. The highest BCUT2D eigenvalue weighted by Crippen LogP contribution is 2.24. The summed E-state index contributed by atoms with van der Waals surface area (Å²) in [4.78, 5) is 14.5. The van der Waals surface area contributed by atoms with E-state index in [-0.39, 0.29) is 17.7 Å². The van der Waals surface area contributed by atoms with Crippen molar-refractivity contribution in [2.75, 3.05) is 11.9 Å². The van der Waals surface area contributed by atoms with Crippen LogP contribution < -0.4 is 0 Å². The lowest BCUT2D eigenvalue weighted by molar-refractivity contribution is 0.0679. The van der Waals surface area contributed by atoms with Gasteiger partial charge in [-0.2, -0.15) is 0 Å². The fourth-order valence-electron chi connectivity index (χ4n) is 2.26. The van der Waals surface area contributed by atoms with E-state index in [0.29, 0.717) is 12.1 Å². The summed E-state index contributed by atoms with van der Waals surface area (Å²) in [6, 6.07) is 5.51. The van der Waals surface area contributed by atoms with Gasteiger partial charge in [-0.25, -0.2) is 0 Å². The highest BCUT2D eigenvalue weighted by Gasteiger charge is 2.24. The van der Waals surface area contributed by atoms with Crippen LogP contribution in [0, 0.1) is 6.92 Å². The van der Waals surface area contributed by atoms with E-state index in [9.17, 15) is 9.90 Å². The number of hydrogen-bond acceptors (Lipinski definition) is 2. The molecule has 1 rings (SSSR count). The molecule has 0 saturated heterocycles. The molecule has 0 radical (unpaired) electrons. The highest BCUT2D eigenvalue weighted by molar-refractivity contribution is 9.09. The summed E-state index contributed by atoms with van der Waals surface area (Å²) in [6.45, 7) is 6.62. The third kappa shape index (κ3) is 3.72. The number of carbonyl (C=O) groups is 1. The van der Waals surface area contributed by atoms with Gasteiger partial charge in [-0.05, 0) is 31.4 Å². The molecule has 0 spiro atoms. The van der Waals surface area contributed by atoms with Crippen LogP contribution in [0.2, 0.25) is 0 Å². The van der Waals surface area contributed by atoms with Crippen LogP contribution >= 0.6 is 15.9 Å². The second kappa shape index (κ2) is 7.53. The van der Waals surface area contributed by atoms with Crippen LogP contribution in [0.4, 0.5) is 0 Å². The van der Waals surface area contributed by atoms with Gasteiger partial charge < -0.3 is 10.0 Å². The van der Waals surface area contributed by atoms with E-state index < -0.39 is 0 Å². The van der Waals surface area contributed by atoms with Crippen molar-refractivity contribution in [3.63, 3.8) is 0 Å². The monoisotopic (exact) mass is 327 g/mol. The number of nitrogens with zero attached hydrogens (tertiary/aromatic N) is 1. The van der Waals surface area contributed by atoms with Crippen molar-refractivity contribution >= 4 is 21.8 Å². The first-order valence-electron chi connectivity index (χ1n) is 6.72. The number of phenolic OH excluding ortho intramolecular Hbond substituents is 1. The van der Waals surface area contributed by atoms with Crippen LogP contribution in [0.25, 0.3) is 0 Å². The quantitative estimate of drug-likeness (QED) is 0.809. The number of aryl methyl sites for hydroxylation is 1. The molecule has 1 aromatic carbocycles. The average molecular weight is 328 g/mol. The van der Waals surface area contributed by atoms with E-state index in [0.717, 1.165) is 23.7 Å². The molecule has 0 atom stereocenters. The largest absolute Gasteiger partial charge is 0.507 e. The fourth-order valence-corrected chi connectivity index (χ4v) is 2.64. The van der Waals surface area contributed by atoms with Gasteiger partial charge in [0.15, 0.2) is 0 Å². The minimum absolute atomic E-state index is 0.0886. The number of para-hydroxylation sites is 1. The molecule has 0 saturated carbocycles. The third-order valence-corrected chi connectivity index (χ3v) is 3.79. The van der Waals surface area contributed by atoms with E-state index in [1.54, 1.807) is 19.1 Å². The Labute approximate surface area is 123 Å². The molecule has 0 heterocycles. The summed E-state index contributed by atoms with van der Waals surface area (Å²) in [5, 5.41) is 10.8. The number of amides is 1. The molecule has 1 N–H and O–H groups in total. The van der Waals surface area contributed by atoms with Crippen LogP contribution in [-0.4, -0.2) is 33.8 Å². The zero-order valence-corrected chi connectivity index (χ0v) is 13.4. The number of carbonyl (C=O) groups excluding carboxylic acids is 1. The Bertz CT molecular complexity index is 430. The molecule has 4 heteroatoms. The molecule has 1 aromatic rings. The molecule has 0 aliphatic carbocycles. The molecule has 0 aromatic heterocycles. The van der Waals surface area contributed by atoms with Gasteiger partial charge in [-0.15, -0.1) is 0 Å². The van der Waals surface area contributed by atoms with Crippen LogP contribution in [0.3, 0.4) is 0 Å². The molecule has 0 aliphatic heterocycles. The Morgan fingerprint density at radius 3 is 2.53 bits per heavy atom. The lowest BCUT2D eigenvalue weighted by atomic mass is 10.1. The van der Waals surface area contributed by atoms with E-state index >= 15 is 0 Å². The number of alkyl halides is 1. The molecule has 106 valence electrons. The predicted molar refractivity (Wildman–Crippen MR) is 82.0 cm³/mol. The molecule has 0 aliphatic rings. The van der Waals surface area contributed by atoms with Crippen LogP contribution in [0.5, 0.6) is 5.75 Å². The number of halogens is 1. The van der Waals surface area contributed by atoms with Crippen molar-refractivity contribution in [2.45, 2.75) is 39.7 Å². The molecule has 0 fully saturated rings. The van der Waals surface area contributed by atoms with Crippen LogP contribution in [-0.2, 0) is 0 Å². The second-order valence-electron chi connectivity index (χ2n) is 4.63. The maximum absolute atomic E-state index is 12.6. The summed E-state index contributed by atoms with van der Waals surface area (Å²) in [7, 11) is 0. The van der Waals surface area contributed by atoms with Crippen LogP contribution in [0.1, 0.15) is 42.6 Å². The van der Waals surface area contributed by atoms with Gasteiger partial charge in [0, 0.05) is 17.9 Å². The molecule has 19 heavy (non-hydrogen) atoms. The Morgan fingerprint density at radius 2 is 2.00 bits per heavy atom. The van der Waals surface area contributed by atoms with Gasteiger partial charge >= 0.3 is 0 Å². The Balaban J connectivity index is 3.08. The Hall–Kier alpha value is -1.03. The number of hydrogen-bond donors (Lipinski definition) is 1. The topological polar surface area (TPSA) is 40.5 Å². The molecule has 1 amide bonds. The van der Waals surface area contributed by atoms with Gasteiger partial charge in [0.25, 0.3) is 5.91 Å². The molecular formula is C15H22BrNO2. The predicted octanol–water partition coefficient (Wildman–Crippen LogP) is 3.73. The maximum atomic E-state index is 12.6. The number of phenols is 1. The summed E-state index contributed by atoms with van der Waals surface area (Å²) in [5.74, 6) is 0.00683. The van der Waals surface area contributed by atoms with Crippen molar-refractivity contribution in [1.29, 1.82) is 0 Å². The van der Waals surface area contributed by atoms with Gasteiger partial charge in [0.1, 0.15) is 5.75 Å². The van der Waals surface area contributed by atoms with E-state index in [1.807, 2.05) is 11.0 Å². The lowest BCUT2D eigenvalue weighted by Gasteiger charge is -2.30. The molecule has 0 unspecified atom stereocenters. The van der Waals surface area contributed by atoms with E-state index in [4.69, 9.17) is 0 Å². The standard InChI is InChI=1S/C15H22BrNO2/c1-4-12(5-2)17(10-9-16)15(19)13-8-6-7-11(3)14(13)18/h6-8,12,18H,4-5,9-10H2,1-3H3.